The molecular formula is C17H22BBrO3. The highest BCUT2D eigenvalue weighted by molar-refractivity contribution is 9.10. The van der Waals surface area contributed by atoms with E-state index in [4.69, 9.17) is 4.65 Å². The fourth-order valence-corrected chi connectivity index (χ4v) is 2.97. The monoisotopic (exact) mass is 364 g/mol. The summed E-state index contributed by atoms with van der Waals surface area (Å²) in [7, 11) is -0.678. The zero-order valence-corrected chi connectivity index (χ0v) is 14.4. The third kappa shape index (κ3) is 5.31. The summed E-state index contributed by atoms with van der Waals surface area (Å²) in [4.78, 5) is 0. The second-order valence-corrected chi connectivity index (χ2v) is 6.50. The maximum atomic E-state index is 9.97. The molecule has 0 radical (unpaired) electrons. The molecule has 1 heterocycles. The molecule has 1 aromatic carbocycles. The second-order valence-electron chi connectivity index (χ2n) is 5.59. The average Bonchev–Trinajstić information content (AvgIpc) is 2.49. The molecule has 0 spiro atoms. The van der Waals surface area contributed by atoms with Gasteiger partial charge in [0, 0.05) is 16.4 Å². The van der Waals surface area contributed by atoms with Crippen molar-refractivity contribution in [1.82, 2.24) is 0 Å². The SMILES string of the molecule is CCC/C(=C\c1cc(Br)ccc1O)CC[C@@H]1C=CCB(O)O1. The minimum atomic E-state index is -0.678. The molecule has 1 aromatic rings. The van der Waals surface area contributed by atoms with Gasteiger partial charge < -0.3 is 14.8 Å². The van der Waals surface area contributed by atoms with Crippen molar-refractivity contribution in [3.05, 3.63) is 46.0 Å². The largest absolute Gasteiger partial charge is 0.507 e. The van der Waals surface area contributed by atoms with Crippen molar-refractivity contribution in [1.29, 1.82) is 0 Å². The number of benzene rings is 1. The molecule has 0 saturated carbocycles. The maximum Gasteiger partial charge on any atom is 0.458 e. The van der Waals surface area contributed by atoms with Gasteiger partial charge >= 0.3 is 7.12 Å². The summed E-state index contributed by atoms with van der Waals surface area (Å²) in [5.74, 6) is 0.293. The third-order valence-electron chi connectivity index (χ3n) is 3.69. The minimum Gasteiger partial charge on any atom is -0.507 e. The molecule has 2 rings (SSSR count). The first-order valence-electron chi connectivity index (χ1n) is 7.76. The number of phenolic OH excluding ortho intramolecular Hbond substituents is 1. The number of rotatable bonds is 6. The minimum absolute atomic E-state index is 0.0277. The van der Waals surface area contributed by atoms with Crippen LogP contribution in [-0.4, -0.2) is 23.4 Å². The van der Waals surface area contributed by atoms with Gasteiger partial charge in [0.05, 0.1) is 6.10 Å². The Bertz CT molecular complexity index is 557. The van der Waals surface area contributed by atoms with Crippen molar-refractivity contribution in [2.24, 2.45) is 0 Å². The molecule has 0 bridgehead atoms. The molecule has 0 aliphatic carbocycles. The van der Waals surface area contributed by atoms with E-state index in [1.54, 1.807) is 6.07 Å². The Kier molecular flexibility index (Phi) is 6.74. The van der Waals surface area contributed by atoms with Gasteiger partial charge in [-0.25, -0.2) is 0 Å². The van der Waals surface area contributed by atoms with Crippen molar-refractivity contribution in [3.8, 4) is 5.75 Å². The van der Waals surface area contributed by atoms with Gasteiger partial charge in [0.25, 0.3) is 0 Å². The van der Waals surface area contributed by atoms with E-state index >= 15 is 0 Å². The van der Waals surface area contributed by atoms with Gasteiger partial charge in [-0.05, 0) is 37.5 Å². The summed E-state index contributed by atoms with van der Waals surface area (Å²) in [6, 6.07) is 5.45. The van der Waals surface area contributed by atoms with Crippen LogP contribution >= 0.6 is 15.9 Å². The lowest BCUT2D eigenvalue weighted by molar-refractivity contribution is 0.192. The highest BCUT2D eigenvalue weighted by atomic mass is 79.9. The van der Waals surface area contributed by atoms with Gasteiger partial charge in [-0.3, -0.25) is 0 Å². The zero-order chi connectivity index (χ0) is 15.9. The summed E-state index contributed by atoms with van der Waals surface area (Å²) >= 11 is 3.44. The van der Waals surface area contributed by atoms with E-state index in [0.717, 1.165) is 35.7 Å². The first-order valence-corrected chi connectivity index (χ1v) is 8.56. The zero-order valence-electron chi connectivity index (χ0n) is 12.8. The van der Waals surface area contributed by atoms with Crippen LogP contribution < -0.4 is 0 Å². The molecule has 1 atom stereocenters. The van der Waals surface area contributed by atoms with Crippen LogP contribution in [0, 0.1) is 0 Å². The van der Waals surface area contributed by atoms with Crippen molar-refractivity contribution in [3.63, 3.8) is 0 Å². The fraction of sp³-hybridized carbons (Fsp3) is 0.412. The van der Waals surface area contributed by atoms with Crippen LogP contribution in [0.25, 0.3) is 6.08 Å². The highest BCUT2D eigenvalue weighted by Crippen LogP contribution is 2.27. The molecule has 0 fully saturated rings. The van der Waals surface area contributed by atoms with Crippen LogP contribution in [0.15, 0.2) is 40.4 Å². The van der Waals surface area contributed by atoms with E-state index in [-0.39, 0.29) is 6.10 Å². The predicted molar refractivity (Wildman–Crippen MR) is 94.7 cm³/mol. The number of phenols is 1. The summed E-state index contributed by atoms with van der Waals surface area (Å²) < 4.78 is 6.45. The van der Waals surface area contributed by atoms with Crippen LogP contribution in [-0.2, 0) is 4.65 Å². The van der Waals surface area contributed by atoms with Gasteiger partial charge in [0.1, 0.15) is 5.75 Å². The lowest BCUT2D eigenvalue weighted by atomic mass is 9.82. The van der Waals surface area contributed by atoms with Crippen molar-refractivity contribution >= 4 is 29.1 Å². The Morgan fingerprint density at radius 3 is 3.00 bits per heavy atom. The molecule has 0 aromatic heterocycles. The van der Waals surface area contributed by atoms with Gasteiger partial charge in [0.2, 0.25) is 0 Å². The van der Waals surface area contributed by atoms with Crippen molar-refractivity contribution in [2.75, 3.05) is 0 Å². The Morgan fingerprint density at radius 1 is 1.45 bits per heavy atom. The molecule has 22 heavy (non-hydrogen) atoms. The highest BCUT2D eigenvalue weighted by Gasteiger charge is 2.20. The molecule has 0 saturated heterocycles. The van der Waals surface area contributed by atoms with E-state index in [1.165, 1.54) is 5.57 Å². The van der Waals surface area contributed by atoms with Gasteiger partial charge in [-0.1, -0.05) is 53.1 Å². The van der Waals surface area contributed by atoms with E-state index in [1.807, 2.05) is 24.3 Å². The first kappa shape index (κ1) is 17.3. The van der Waals surface area contributed by atoms with E-state index < -0.39 is 7.12 Å². The van der Waals surface area contributed by atoms with Crippen molar-refractivity contribution in [2.45, 2.75) is 45.0 Å². The Hall–Kier alpha value is -1.04. The maximum absolute atomic E-state index is 9.97. The van der Waals surface area contributed by atoms with Crippen LogP contribution in [0.4, 0.5) is 0 Å². The second kappa shape index (κ2) is 8.56. The molecule has 0 amide bonds. The molecule has 1 aliphatic rings. The number of hydrogen-bond acceptors (Lipinski definition) is 3. The Morgan fingerprint density at radius 2 is 2.27 bits per heavy atom. The molecule has 5 heteroatoms. The third-order valence-corrected chi connectivity index (χ3v) is 4.18. The molecule has 0 unspecified atom stereocenters. The molecule has 2 N–H and O–H groups in total. The predicted octanol–water partition coefficient (Wildman–Crippen LogP) is 4.55. The van der Waals surface area contributed by atoms with Gasteiger partial charge in [-0.15, -0.1) is 0 Å². The summed E-state index contributed by atoms with van der Waals surface area (Å²) in [5, 5.41) is 19.5. The first-order chi connectivity index (χ1) is 10.6. The summed E-state index contributed by atoms with van der Waals surface area (Å²) in [5.41, 5.74) is 2.12. The molecular weight excluding hydrogens is 343 g/mol. The molecule has 3 nitrogen and oxygen atoms in total. The molecule has 1 aliphatic heterocycles. The number of allylic oxidation sites excluding steroid dienone is 2. The number of hydrogen-bond donors (Lipinski definition) is 2. The van der Waals surface area contributed by atoms with E-state index in [9.17, 15) is 10.1 Å². The standard InChI is InChI=1S/C17H22BBrO3/c1-2-4-13(6-8-16-5-3-10-18(21)22-16)11-14-12-15(19)7-9-17(14)20/h3,5,7,9,11-12,16,20-21H,2,4,6,8,10H2,1H3/b13-11+/t16-/m0/s1. The average molecular weight is 365 g/mol. The van der Waals surface area contributed by atoms with Gasteiger partial charge in [0.15, 0.2) is 0 Å². The van der Waals surface area contributed by atoms with E-state index in [0.29, 0.717) is 12.1 Å². The lowest BCUT2D eigenvalue weighted by Crippen LogP contribution is -2.27. The Balaban J connectivity index is 2.05. The van der Waals surface area contributed by atoms with Crippen LogP contribution in [0.5, 0.6) is 5.75 Å². The van der Waals surface area contributed by atoms with Gasteiger partial charge in [-0.2, -0.15) is 0 Å². The topological polar surface area (TPSA) is 49.7 Å². The fourth-order valence-electron chi connectivity index (χ4n) is 2.59. The Labute approximate surface area is 141 Å². The van der Waals surface area contributed by atoms with E-state index in [2.05, 4.69) is 28.9 Å². The van der Waals surface area contributed by atoms with Crippen LogP contribution in [0.2, 0.25) is 6.32 Å². The van der Waals surface area contributed by atoms with Crippen molar-refractivity contribution < 1.29 is 14.8 Å². The lowest BCUT2D eigenvalue weighted by Gasteiger charge is -2.20. The normalized spacial score (nSPS) is 18.8. The summed E-state index contributed by atoms with van der Waals surface area (Å²) in [6.07, 6.45) is 10.4. The van der Waals surface area contributed by atoms with Crippen LogP contribution in [0.3, 0.4) is 0 Å². The quantitative estimate of drug-likeness (QED) is 0.574. The smallest absolute Gasteiger partial charge is 0.458 e. The summed E-state index contributed by atoms with van der Waals surface area (Å²) in [6.45, 7) is 2.15. The van der Waals surface area contributed by atoms with Crippen LogP contribution in [0.1, 0.15) is 38.2 Å². The molecule has 118 valence electrons. The number of halogens is 1. The number of aromatic hydroxyl groups is 1.